The summed E-state index contributed by atoms with van der Waals surface area (Å²) in [6, 6.07) is 0. The van der Waals surface area contributed by atoms with Gasteiger partial charge in [-0.05, 0) is 0 Å². The second-order valence-electron chi connectivity index (χ2n) is 2.32. The molecule has 1 rings (SSSR count). The van der Waals surface area contributed by atoms with Crippen LogP contribution in [0.2, 0.25) is 0 Å². The van der Waals surface area contributed by atoms with Gasteiger partial charge in [-0.2, -0.15) is 0 Å². The molecule has 0 bridgehead atoms. The summed E-state index contributed by atoms with van der Waals surface area (Å²) in [6.07, 6.45) is 1.15. The zero-order chi connectivity index (χ0) is 6.85. The van der Waals surface area contributed by atoms with Crippen molar-refractivity contribution in [3.8, 4) is 0 Å². The summed E-state index contributed by atoms with van der Waals surface area (Å²) in [6.45, 7) is 1.16. The van der Waals surface area contributed by atoms with Crippen molar-refractivity contribution in [2.24, 2.45) is 4.99 Å². The lowest BCUT2D eigenvalue weighted by molar-refractivity contribution is 0.558. The lowest BCUT2D eigenvalue weighted by atomic mass is 10.4. The van der Waals surface area contributed by atoms with Crippen LogP contribution < -0.4 is 0 Å². The highest BCUT2D eigenvalue weighted by molar-refractivity contribution is 14.1. The van der Waals surface area contributed by atoms with E-state index in [4.69, 9.17) is 0 Å². The first-order valence-corrected chi connectivity index (χ1v) is 4.29. The van der Waals surface area contributed by atoms with Crippen LogP contribution in [0.15, 0.2) is 4.99 Å². The Morgan fingerprint density at radius 2 is 2.44 bits per heavy atom. The SMILES string of the molecule is CN=C1CC(I)CN1C. The number of rotatable bonds is 0. The molecule has 1 saturated heterocycles. The molecule has 1 fully saturated rings. The van der Waals surface area contributed by atoms with Crippen molar-refractivity contribution >= 4 is 28.4 Å². The second kappa shape index (κ2) is 2.86. The first-order valence-electron chi connectivity index (χ1n) is 3.05. The number of alkyl halides is 1. The van der Waals surface area contributed by atoms with E-state index >= 15 is 0 Å². The number of hydrogen-bond donors (Lipinski definition) is 0. The number of halogens is 1. The van der Waals surface area contributed by atoms with Crippen LogP contribution in [0.5, 0.6) is 0 Å². The van der Waals surface area contributed by atoms with E-state index in [-0.39, 0.29) is 0 Å². The number of likely N-dealkylation sites (tertiary alicyclic amines) is 1. The highest BCUT2D eigenvalue weighted by atomic mass is 127. The molecule has 3 heteroatoms. The van der Waals surface area contributed by atoms with Gasteiger partial charge >= 0.3 is 0 Å². The third-order valence-electron chi connectivity index (χ3n) is 1.57. The van der Waals surface area contributed by atoms with E-state index < -0.39 is 0 Å². The molecule has 1 heterocycles. The van der Waals surface area contributed by atoms with E-state index in [1.807, 2.05) is 7.05 Å². The molecule has 0 saturated carbocycles. The lowest BCUT2D eigenvalue weighted by Gasteiger charge is -2.09. The fourth-order valence-electron chi connectivity index (χ4n) is 1.08. The Labute approximate surface area is 69.5 Å². The van der Waals surface area contributed by atoms with Gasteiger partial charge in [0.05, 0.1) is 5.84 Å². The molecule has 0 aromatic rings. The van der Waals surface area contributed by atoms with Crippen molar-refractivity contribution in [1.82, 2.24) is 4.90 Å². The van der Waals surface area contributed by atoms with Gasteiger partial charge in [-0.3, -0.25) is 4.99 Å². The molecule has 2 nitrogen and oxygen atoms in total. The summed E-state index contributed by atoms with van der Waals surface area (Å²) in [5.74, 6) is 1.24. The summed E-state index contributed by atoms with van der Waals surface area (Å²) in [5, 5.41) is 0. The van der Waals surface area contributed by atoms with Crippen LogP contribution in [-0.2, 0) is 0 Å². The topological polar surface area (TPSA) is 15.6 Å². The molecular weight excluding hydrogens is 227 g/mol. The molecule has 1 atom stereocenters. The predicted octanol–water partition coefficient (Wildman–Crippen LogP) is 1.15. The largest absolute Gasteiger partial charge is 0.362 e. The van der Waals surface area contributed by atoms with Crippen LogP contribution >= 0.6 is 22.6 Å². The lowest BCUT2D eigenvalue weighted by Crippen LogP contribution is -2.19. The van der Waals surface area contributed by atoms with E-state index in [2.05, 4.69) is 39.5 Å². The number of hydrogen-bond acceptors (Lipinski definition) is 1. The van der Waals surface area contributed by atoms with Crippen molar-refractivity contribution in [2.75, 3.05) is 20.6 Å². The molecule has 0 aromatic carbocycles. The van der Waals surface area contributed by atoms with Crippen molar-refractivity contribution in [3.05, 3.63) is 0 Å². The Hall–Kier alpha value is 0.200. The number of aliphatic imine (C=N–C) groups is 1. The molecule has 0 N–H and O–H groups in total. The van der Waals surface area contributed by atoms with E-state index in [0.29, 0.717) is 0 Å². The molecule has 52 valence electrons. The van der Waals surface area contributed by atoms with Gasteiger partial charge in [-0.25, -0.2) is 0 Å². The van der Waals surface area contributed by atoms with Gasteiger partial charge in [0.25, 0.3) is 0 Å². The van der Waals surface area contributed by atoms with Crippen molar-refractivity contribution < 1.29 is 0 Å². The maximum Gasteiger partial charge on any atom is 0.0994 e. The Bertz CT molecular complexity index is 133. The molecule has 0 aliphatic carbocycles. The average Bonchev–Trinajstić information content (AvgIpc) is 2.10. The number of nitrogens with zero attached hydrogens (tertiary/aromatic N) is 2. The predicted molar refractivity (Wildman–Crippen MR) is 48.4 cm³/mol. The third-order valence-corrected chi connectivity index (χ3v) is 2.41. The minimum absolute atomic E-state index is 0.770. The summed E-state index contributed by atoms with van der Waals surface area (Å²) < 4.78 is 0.770. The van der Waals surface area contributed by atoms with E-state index in [0.717, 1.165) is 16.9 Å². The monoisotopic (exact) mass is 238 g/mol. The van der Waals surface area contributed by atoms with Gasteiger partial charge in [-0.1, -0.05) is 22.6 Å². The molecule has 0 aromatic heterocycles. The van der Waals surface area contributed by atoms with E-state index in [9.17, 15) is 0 Å². The zero-order valence-electron chi connectivity index (χ0n) is 5.76. The van der Waals surface area contributed by atoms with Crippen LogP contribution in [-0.4, -0.2) is 35.3 Å². The van der Waals surface area contributed by atoms with Gasteiger partial charge < -0.3 is 4.90 Å². The van der Waals surface area contributed by atoms with Gasteiger partial charge in [0.1, 0.15) is 0 Å². The van der Waals surface area contributed by atoms with Crippen LogP contribution in [0.1, 0.15) is 6.42 Å². The molecule has 1 aliphatic rings. The Morgan fingerprint density at radius 3 is 2.67 bits per heavy atom. The zero-order valence-corrected chi connectivity index (χ0v) is 7.92. The molecule has 9 heavy (non-hydrogen) atoms. The maximum absolute atomic E-state index is 4.16. The molecule has 0 spiro atoms. The summed E-state index contributed by atoms with van der Waals surface area (Å²) >= 11 is 2.46. The van der Waals surface area contributed by atoms with Crippen LogP contribution in [0, 0.1) is 0 Å². The normalized spacial score (nSPS) is 32.1. The van der Waals surface area contributed by atoms with Crippen molar-refractivity contribution in [1.29, 1.82) is 0 Å². The fraction of sp³-hybridized carbons (Fsp3) is 0.833. The van der Waals surface area contributed by atoms with Gasteiger partial charge in [0.2, 0.25) is 0 Å². The molecule has 0 amide bonds. The molecule has 0 radical (unpaired) electrons. The minimum atomic E-state index is 0.770. The minimum Gasteiger partial charge on any atom is -0.362 e. The van der Waals surface area contributed by atoms with E-state index in [1.165, 1.54) is 5.84 Å². The molecule has 1 unspecified atom stereocenters. The fourth-order valence-corrected chi connectivity index (χ4v) is 2.07. The third kappa shape index (κ3) is 1.56. The van der Waals surface area contributed by atoms with Gasteiger partial charge in [-0.15, -0.1) is 0 Å². The highest BCUT2D eigenvalue weighted by Gasteiger charge is 2.21. The quantitative estimate of drug-likeness (QED) is 0.456. The Balaban J connectivity index is 2.58. The Morgan fingerprint density at radius 1 is 1.78 bits per heavy atom. The van der Waals surface area contributed by atoms with Crippen molar-refractivity contribution in [2.45, 2.75) is 10.3 Å². The summed E-state index contributed by atoms with van der Waals surface area (Å²) in [7, 11) is 3.96. The second-order valence-corrected chi connectivity index (χ2v) is 4.08. The first-order chi connectivity index (χ1) is 4.24. The summed E-state index contributed by atoms with van der Waals surface area (Å²) in [4.78, 5) is 6.38. The molecule has 1 aliphatic heterocycles. The van der Waals surface area contributed by atoms with Crippen LogP contribution in [0.25, 0.3) is 0 Å². The van der Waals surface area contributed by atoms with Gasteiger partial charge in [0.15, 0.2) is 0 Å². The van der Waals surface area contributed by atoms with Crippen LogP contribution in [0.4, 0.5) is 0 Å². The standard InChI is InChI=1S/C6H11IN2/c1-8-6-3-5(7)4-9(6)2/h5H,3-4H2,1-2H3. The highest BCUT2D eigenvalue weighted by Crippen LogP contribution is 2.17. The maximum atomic E-state index is 4.16. The smallest absolute Gasteiger partial charge is 0.0994 e. The number of amidine groups is 1. The van der Waals surface area contributed by atoms with E-state index in [1.54, 1.807) is 0 Å². The first kappa shape index (κ1) is 7.31. The van der Waals surface area contributed by atoms with Gasteiger partial charge in [0, 0.05) is 31.0 Å². The summed E-state index contributed by atoms with van der Waals surface area (Å²) in [5.41, 5.74) is 0. The van der Waals surface area contributed by atoms with Crippen molar-refractivity contribution in [3.63, 3.8) is 0 Å². The molecular formula is C6H11IN2. The average molecular weight is 238 g/mol. The Kier molecular flexibility index (Phi) is 2.32. The van der Waals surface area contributed by atoms with Crippen LogP contribution in [0.3, 0.4) is 0 Å².